The molecule has 0 aliphatic rings. The fourth-order valence-corrected chi connectivity index (χ4v) is 1.20. The van der Waals surface area contributed by atoms with Gasteiger partial charge >= 0.3 is 29.6 Å². The standard InChI is InChI=1S/C7H15NS2.Na.H2O/c1-3-5-8(6-4-2)7(9)10;;/h3-6H2,1-2H3,(H,9,10);;1H2/q;+1;/p-1. The van der Waals surface area contributed by atoms with Gasteiger partial charge in [-0.1, -0.05) is 18.2 Å². The van der Waals surface area contributed by atoms with E-state index in [1.165, 1.54) is 0 Å². The van der Waals surface area contributed by atoms with E-state index in [4.69, 9.17) is 24.8 Å². The molecule has 0 heterocycles. The van der Waals surface area contributed by atoms with Gasteiger partial charge in [0.05, 0.1) is 0 Å². The monoisotopic (exact) mass is 217 g/mol. The Hall–Kier alpha value is 1.07. The predicted molar refractivity (Wildman–Crippen MR) is 55.7 cm³/mol. The summed E-state index contributed by atoms with van der Waals surface area (Å²) in [4.78, 5) is 2.07. The third kappa shape index (κ3) is 9.16. The van der Waals surface area contributed by atoms with Gasteiger partial charge in [-0.3, -0.25) is 0 Å². The Balaban J connectivity index is -0.000000405. The maximum Gasteiger partial charge on any atom is 1.00 e. The summed E-state index contributed by atoms with van der Waals surface area (Å²) in [7, 11) is 0. The van der Waals surface area contributed by atoms with Gasteiger partial charge in [0.1, 0.15) is 0 Å². The van der Waals surface area contributed by atoms with E-state index in [2.05, 4.69) is 18.7 Å². The minimum absolute atomic E-state index is 0. The molecule has 0 saturated carbocycles. The minimum atomic E-state index is 0. The average Bonchev–Trinajstić information content (AvgIpc) is 1.87. The van der Waals surface area contributed by atoms with E-state index in [9.17, 15) is 0 Å². The fourth-order valence-electron chi connectivity index (χ4n) is 0.834. The van der Waals surface area contributed by atoms with Gasteiger partial charge in [-0.15, -0.1) is 0 Å². The average molecular weight is 217 g/mol. The molecule has 0 amide bonds. The Morgan fingerprint density at radius 3 is 1.75 bits per heavy atom. The molecule has 0 bridgehead atoms. The Morgan fingerprint density at radius 2 is 1.58 bits per heavy atom. The van der Waals surface area contributed by atoms with Gasteiger partial charge in [0.2, 0.25) is 0 Å². The zero-order valence-electron chi connectivity index (χ0n) is 8.09. The van der Waals surface area contributed by atoms with Crippen molar-refractivity contribution in [1.82, 2.24) is 4.90 Å². The molecular weight excluding hydrogens is 201 g/mol. The van der Waals surface area contributed by atoms with E-state index < -0.39 is 0 Å². The Bertz CT molecular complexity index is 108. The van der Waals surface area contributed by atoms with Crippen LogP contribution < -0.4 is 29.6 Å². The van der Waals surface area contributed by atoms with Crippen molar-refractivity contribution in [3.63, 3.8) is 0 Å². The largest absolute Gasteiger partial charge is 1.00 e. The van der Waals surface area contributed by atoms with Crippen LogP contribution in [0.5, 0.6) is 0 Å². The summed E-state index contributed by atoms with van der Waals surface area (Å²) in [6.07, 6.45) is 2.24. The van der Waals surface area contributed by atoms with Gasteiger partial charge in [0.25, 0.3) is 0 Å². The molecule has 0 spiro atoms. The molecule has 2 nitrogen and oxygen atoms in total. The minimum Gasteiger partial charge on any atom is -0.412 e. The van der Waals surface area contributed by atoms with Crippen molar-refractivity contribution in [1.29, 1.82) is 0 Å². The van der Waals surface area contributed by atoms with Crippen molar-refractivity contribution in [3.8, 4) is 0 Å². The zero-order valence-corrected chi connectivity index (χ0v) is 11.7. The van der Waals surface area contributed by atoms with Crippen molar-refractivity contribution >= 4 is 29.2 Å². The molecule has 0 radical (unpaired) electrons. The molecule has 0 saturated heterocycles. The number of hydrogen-bond acceptors (Lipinski definition) is 2. The molecule has 0 aromatic rings. The van der Waals surface area contributed by atoms with Crippen molar-refractivity contribution in [2.75, 3.05) is 13.1 Å². The molecule has 12 heavy (non-hydrogen) atoms. The third-order valence-electron chi connectivity index (χ3n) is 1.25. The number of rotatable bonds is 4. The van der Waals surface area contributed by atoms with Crippen LogP contribution in [0.4, 0.5) is 0 Å². The topological polar surface area (TPSA) is 34.7 Å². The van der Waals surface area contributed by atoms with Crippen molar-refractivity contribution in [3.05, 3.63) is 0 Å². The molecule has 0 rings (SSSR count). The van der Waals surface area contributed by atoms with Crippen LogP contribution in [0.1, 0.15) is 26.7 Å². The molecule has 0 unspecified atom stereocenters. The first kappa shape index (κ1) is 18.8. The maximum atomic E-state index is 4.89. The van der Waals surface area contributed by atoms with Crippen LogP contribution in [0.2, 0.25) is 0 Å². The van der Waals surface area contributed by atoms with Crippen LogP contribution in [0.15, 0.2) is 0 Å². The summed E-state index contributed by atoms with van der Waals surface area (Å²) in [5.74, 6) is 0. The van der Waals surface area contributed by atoms with Crippen LogP contribution in [0.25, 0.3) is 0 Å². The zero-order chi connectivity index (χ0) is 7.98. The summed E-state index contributed by atoms with van der Waals surface area (Å²) in [6.45, 7) is 6.29. The smallest absolute Gasteiger partial charge is 0.412 e. The van der Waals surface area contributed by atoms with Gasteiger partial charge in [-0.05, 0) is 12.8 Å². The van der Waals surface area contributed by atoms with Gasteiger partial charge < -0.3 is 35.2 Å². The van der Waals surface area contributed by atoms with E-state index in [-0.39, 0.29) is 35.0 Å². The fraction of sp³-hybridized carbons (Fsp3) is 0.857. The van der Waals surface area contributed by atoms with Crippen LogP contribution in [0.3, 0.4) is 0 Å². The second-order valence-corrected chi connectivity index (χ2v) is 3.28. The van der Waals surface area contributed by atoms with E-state index in [0.29, 0.717) is 4.32 Å². The Morgan fingerprint density at radius 1 is 1.25 bits per heavy atom. The van der Waals surface area contributed by atoms with Crippen LogP contribution >= 0.6 is 12.2 Å². The van der Waals surface area contributed by atoms with E-state index in [0.717, 1.165) is 25.9 Å². The predicted octanol–water partition coefficient (Wildman–Crippen LogP) is -1.88. The van der Waals surface area contributed by atoms with Gasteiger partial charge in [0.15, 0.2) is 0 Å². The maximum absolute atomic E-state index is 4.89. The molecule has 2 N–H and O–H groups in total. The van der Waals surface area contributed by atoms with Gasteiger partial charge in [-0.25, -0.2) is 0 Å². The Kier molecular flexibility index (Phi) is 18.9. The summed E-state index contributed by atoms with van der Waals surface area (Å²) in [5.41, 5.74) is 0. The molecule has 0 aliphatic carbocycles. The summed E-state index contributed by atoms with van der Waals surface area (Å²) >= 11 is 9.78. The molecule has 0 atom stereocenters. The third-order valence-corrected chi connectivity index (χ3v) is 1.76. The first-order chi connectivity index (χ1) is 4.72. The van der Waals surface area contributed by atoms with E-state index in [1.54, 1.807) is 0 Å². The SMILES string of the molecule is CCCN(CCC)C(=S)[S-].O.[Na+]. The van der Waals surface area contributed by atoms with Gasteiger partial charge in [-0.2, -0.15) is 0 Å². The summed E-state index contributed by atoms with van der Waals surface area (Å²) in [6, 6.07) is 0. The first-order valence-corrected chi connectivity index (χ1v) is 4.50. The molecule has 5 heteroatoms. The molecule has 68 valence electrons. The second-order valence-electron chi connectivity index (χ2n) is 2.25. The van der Waals surface area contributed by atoms with Crippen molar-refractivity contribution < 1.29 is 35.0 Å². The summed E-state index contributed by atoms with van der Waals surface area (Å²) < 4.78 is 0.615. The molecule has 0 aliphatic heterocycles. The molecule has 0 aromatic carbocycles. The number of nitrogens with zero attached hydrogens (tertiary/aromatic N) is 1. The quantitative estimate of drug-likeness (QED) is 0.314. The van der Waals surface area contributed by atoms with Gasteiger partial charge in [0, 0.05) is 13.1 Å². The van der Waals surface area contributed by atoms with Crippen molar-refractivity contribution in [2.24, 2.45) is 0 Å². The molecular formula is C7H16NNaOS2. The molecule has 0 fully saturated rings. The summed E-state index contributed by atoms with van der Waals surface area (Å²) in [5, 5.41) is 0. The first-order valence-electron chi connectivity index (χ1n) is 3.68. The number of thiocarbonyl (C=S) groups is 1. The second kappa shape index (κ2) is 12.1. The van der Waals surface area contributed by atoms with Crippen LogP contribution in [-0.2, 0) is 12.6 Å². The number of hydrogen-bond donors (Lipinski definition) is 0. The molecule has 0 aromatic heterocycles. The Labute approximate surface area is 108 Å². The van der Waals surface area contributed by atoms with Crippen LogP contribution in [0, 0.1) is 0 Å². The van der Waals surface area contributed by atoms with Crippen LogP contribution in [-0.4, -0.2) is 27.8 Å². The van der Waals surface area contributed by atoms with E-state index >= 15 is 0 Å². The van der Waals surface area contributed by atoms with E-state index in [1.807, 2.05) is 0 Å². The van der Waals surface area contributed by atoms with Crippen molar-refractivity contribution in [2.45, 2.75) is 26.7 Å². The normalized spacial score (nSPS) is 7.83.